The maximum Gasteiger partial charge on any atom is 0.232 e. The molecule has 1 heterocycles. The van der Waals surface area contributed by atoms with E-state index in [1.54, 1.807) is 0 Å². The van der Waals surface area contributed by atoms with Gasteiger partial charge in [-0.25, -0.2) is 0 Å². The molecule has 0 spiro atoms. The monoisotopic (exact) mass is 627 g/mol. The van der Waals surface area contributed by atoms with Crippen LogP contribution in [0.5, 0.6) is 0 Å². The highest BCUT2D eigenvalue weighted by Gasteiger charge is 2.71. The molecule has 0 radical (unpaired) electrons. The van der Waals surface area contributed by atoms with Gasteiger partial charge in [0.25, 0.3) is 0 Å². The minimum absolute atomic E-state index is 0.0534. The van der Waals surface area contributed by atoms with Gasteiger partial charge in [0.05, 0.1) is 34.6 Å². The zero-order chi connectivity index (χ0) is 32.5. The maximum atomic E-state index is 14.7. The van der Waals surface area contributed by atoms with Gasteiger partial charge >= 0.3 is 0 Å². The Morgan fingerprint density at radius 3 is 0.844 bits per heavy atom. The summed E-state index contributed by atoms with van der Waals surface area (Å²) in [5.74, 6) is 0.732. The van der Waals surface area contributed by atoms with Crippen molar-refractivity contribution in [2.45, 2.75) is 118 Å². The maximum absolute atomic E-state index is 14.7. The molecule has 1 aliphatic heterocycles. The second-order valence-electron chi connectivity index (χ2n) is 17.9. The van der Waals surface area contributed by atoms with Gasteiger partial charge in [0.15, 0.2) is 0 Å². The van der Waals surface area contributed by atoms with Crippen molar-refractivity contribution < 1.29 is 29.7 Å². The van der Waals surface area contributed by atoms with E-state index in [-0.39, 0.29) is 34.0 Å². The molecular formula is C36H57N3O6. The first kappa shape index (κ1) is 31.9. The summed E-state index contributed by atoms with van der Waals surface area (Å²) in [6.07, 6.45) is 4.54. The van der Waals surface area contributed by atoms with Crippen LogP contribution in [0.1, 0.15) is 99.3 Å². The molecule has 9 nitrogen and oxygen atoms in total. The van der Waals surface area contributed by atoms with Gasteiger partial charge < -0.3 is 30.0 Å². The molecule has 7 rings (SSSR count). The summed E-state index contributed by atoms with van der Waals surface area (Å²) >= 11 is 0. The van der Waals surface area contributed by atoms with Crippen LogP contribution in [0.4, 0.5) is 0 Å². The molecule has 0 aromatic heterocycles. The lowest BCUT2D eigenvalue weighted by Crippen LogP contribution is -2.56. The molecule has 1 saturated heterocycles. The van der Waals surface area contributed by atoms with Crippen LogP contribution >= 0.6 is 0 Å². The first-order valence-corrected chi connectivity index (χ1v) is 17.9. The summed E-state index contributed by atoms with van der Waals surface area (Å²) in [5, 5.41) is 34.0. The molecule has 6 bridgehead atoms. The zero-order valence-electron chi connectivity index (χ0n) is 28.5. The van der Waals surface area contributed by atoms with Crippen LogP contribution < -0.4 is 0 Å². The largest absolute Gasteiger partial charge is 0.392 e. The molecule has 0 unspecified atom stereocenters. The average Bonchev–Trinajstić information content (AvgIpc) is 3.69. The Balaban J connectivity index is 1.23. The van der Waals surface area contributed by atoms with Gasteiger partial charge in [-0.2, -0.15) is 0 Å². The van der Waals surface area contributed by atoms with Gasteiger partial charge in [0.1, 0.15) is 0 Å². The highest BCUT2D eigenvalue weighted by atomic mass is 16.3. The predicted octanol–water partition coefficient (Wildman–Crippen LogP) is 3.05. The van der Waals surface area contributed by atoms with Gasteiger partial charge in [-0.15, -0.1) is 0 Å². The van der Waals surface area contributed by atoms with Crippen molar-refractivity contribution >= 4 is 17.7 Å². The van der Waals surface area contributed by atoms with E-state index < -0.39 is 34.6 Å². The molecule has 3 N–H and O–H groups in total. The highest BCUT2D eigenvalue weighted by Crippen LogP contribution is 2.68. The number of rotatable bonds is 3. The Bertz CT molecular complexity index is 1120. The van der Waals surface area contributed by atoms with E-state index in [1.165, 1.54) is 0 Å². The van der Waals surface area contributed by atoms with Crippen LogP contribution in [0.2, 0.25) is 0 Å². The first-order valence-electron chi connectivity index (χ1n) is 17.9. The number of hydrogen-bond acceptors (Lipinski definition) is 6. The van der Waals surface area contributed by atoms with Gasteiger partial charge in [0.2, 0.25) is 17.7 Å². The average molecular weight is 628 g/mol. The molecular weight excluding hydrogens is 570 g/mol. The van der Waals surface area contributed by atoms with E-state index >= 15 is 0 Å². The Morgan fingerprint density at radius 2 is 0.689 bits per heavy atom. The van der Waals surface area contributed by atoms with E-state index in [9.17, 15) is 29.7 Å². The third-order valence-electron chi connectivity index (χ3n) is 16.3. The molecule has 6 saturated carbocycles. The van der Waals surface area contributed by atoms with E-state index in [1.807, 2.05) is 14.7 Å². The van der Waals surface area contributed by atoms with Crippen LogP contribution in [0, 0.1) is 50.2 Å². The number of aliphatic hydroxyl groups excluding tert-OH is 3. The zero-order valence-corrected chi connectivity index (χ0v) is 28.5. The van der Waals surface area contributed by atoms with Crippen molar-refractivity contribution in [3.8, 4) is 0 Å². The molecule has 7 aliphatic rings. The second-order valence-corrected chi connectivity index (χ2v) is 17.9. The summed E-state index contributed by atoms with van der Waals surface area (Å²) < 4.78 is 0. The number of amides is 3. The van der Waals surface area contributed by atoms with E-state index in [0.717, 1.165) is 19.3 Å². The standard InChI is InChI=1S/C36H57N3O6/c1-31(2)22-7-10-34(31,25(40)19-22)28(43)37-13-15-38(29(44)35-11-8-23(20-26(35)41)32(35,3)4)17-18-39(16-14-37)30(45)36-12-9-24(21-27(36)42)33(36,5)6/h22-27,40-42H,7-21H2,1-6H3/t22-,23-,24-,25-,26-,27-,34+,35+,36+/m1/s1. The molecule has 45 heavy (non-hydrogen) atoms. The van der Waals surface area contributed by atoms with Crippen molar-refractivity contribution in [2.24, 2.45) is 50.2 Å². The summed E-state index contributed by atoms with van der Waals surface area (Å²) in [6, 6.07) is 0. The van der Waals surface area contributed by atoms with Crippen LogP contribution in [-0.2, 0) is 14.4 Å². The fraction of sp³-hybridized carbons (Fsp3) is 0.917. The van der Waals surface area contributed by atoms with Crippen LogP contribution in [-0.4, -0.2) is 105 Å². The second kappa shape index (κ2) is 9.91. The normalized spacial score (nSPS) is 45.9. The Hall–Kier alpha value is -1.71. The number of fused-ring (bicyclic) bond motifs is 6. The van der Waals surface area contributed by atoms with E-state index in [0.29, 0.717) is 95.5 Å². The smallest absolute Gasteiger partial charge is 0.232 e. The molecule has 7 fully saturated rings. The summed E-state index contributed by atoms with van der Waals surface area (Å²) in [5.41, 5.74) is -3.60. The van der Waals surface area contributed by atoms with Crippen molar-refractivity contribution in [3.63, 3.8) is 0 Å². The van der Waals surface area contributed by atoms with Crippen molar-refractivity contribution in [1.82, 2.24) is 14.7 Å². The van der Waals surface area contributed by atoms with Gasteiger partial charge in [-0.1, -0.05) is 41.5 Å². The van der Waals surface area contributed by atoms with Crippen LogP contribution in [0.3, 0.4) is 0 Å². The molecule has 3 amide bonds. The molecule has 9 heteroatoms. The minimum Gasteiger partial charge on any atom is -0.392 e. The predicted molar refractivity (Wildman–Crippen MR) is 168 cm³/mol. The lowest BCUT2D eigenvalue weighted by Gasteiger charge is -2.44. The number of aliphatic hydroxyl groups is 3. The van der Waals surface area contributed by atoms with Crippen molar-refractivity contribution in [1.29, 1.82) is 0 Å². The Morgan fingerprint density at radius 1 is 0.467 bits per heavy atom. The molecule has 6 aliphatic carbocycles. The van der Waals surface area contributed by atoms with Gasteiger partial charge in [-0.05, 0) is 91.8 Å². The number of hydrogen-bond donors (Lipinski definition) is 3. The van der Waals surface area contributed by atoms with E-state index in [2.05, 4.69) is 41.5 Å². The first-order chi connectivity index (χ1) is 21.0. The lowest BCUT2D eigenvalue weighted by molar-refractivity contribution is -0.158. The molecule has 252 valence electrons. The number of carbonyl (C=O) groups is 3. The fourth-order valence-electron chi connectivity index (χ4n) is 12.9. The number of carbonyl (C=O) groups excluding carboxylic acids is 3. The third kappa shape index (κ3) is 3.70. The minimum atomic E-state index is -0.864. The number of nitrogens with zero attached hydrogens (tertiary/aromatic N) is 3. The highest BCUT2D eigenvalue weighted by molar-refractivity contribution is 5.88. The SMILES string of the molecule is CC1(C)[C@@H]2CC[C@@]1(C(=O)N1CCN(C(=O)[C@]34CC[C@H](C[C@H]3O)C4(C)C)CCN(C(=O)[C@]34CC[C@H](C[C@H]3O)C4(C)C)CC1)[C@H](O)C2. The van der Waals surface area contributed by atoms with Gasteiger partial charge in [-0.3, -0.25) is 14.4 Å². The summed E-state index contributed by atoms with van der Waals surface area (Å²) in [7, 11) is 0. The fourth-order valence-corrected chi connectivity index (χ4v) is 12.9. The quantitative estimate of drug-likeness (QED) is 0.443. The summed E-state index contributed by atoms with van der Waals surface area (Å²) in [6.45, 7) is 14.7. The van der Waals surface area contributed by atoms with Gasteiger partial charge in [0, 0.05) is 39.3 Å². The van der Waals surface area contributed by atoms with Crippen molar-refractivity contribution in [3.05, 3.63) is 0 Å². The summed E-state index contributed by atoms with van der Waals surface area (Å²) in [4.78, 5) is 49.6. The third-order valence-corrected chi connectivity index (χ3v) is 16.3. The van der Waals surface area contributed by atoms with Crippen LogP contribution in [0.15, 0.2) is 0 Å². The topological polar surface area (TPSA) is 122 Å². The molecule has 0 aromatic rings. The lowest BCUT2D eigenvalue weighted by atomic mass is 9.67. The molecule has 0 aromatic carbocycles. The van der Waals surface area contributed by atoms with Crippen molar-refractivity contribution in [2.75, 3.05) is 39.3 Å². The van der Waals surface area contributed by atoms with E-state index in [4.69, 9.17) is 0 Å². The molecule has 9 atom stereocenters. The Kier molecular flexibility index (Phi) is 7.02. The van der Waals surface area contributed by atoms with Crippen LogP contribution in [0.25, 0.3) is 0 Å². The Labute approximate surface area is 269 Å².